The first-order valence-corrected chi connectivity index (χ1v) is 7.57. The number of thioether (sulfide) groups is 1. The van der Waals surface area contributed by atoms with Crippen LogP contribution in [0.1, 0.15) is 12.6 Å². The summed E-state index contributed by atoms with van der Waals surface area (Å²) in [5, 5.41) is 6.43. The lowest BCUT2D eigenvalue weighted by atomic mass is 10.3. The molecular weight excluding hydrogens is 314 g/mol. The van der Waals surface area contributed by atoms with E-state index in [4.69, 9.17) is 11.6 Å². The molecule has 7 nitrogen and oxygen atoms in total. The van der Waals surface area contributed by atoms with Crippen molar-refractivity contribution in [3.05, 3.63) is 43.6 Å². The summed E-state index contributed by atoms with van der Waals surface area (Å²) < 4.78 is 1.40. The molecule has 112 valence electrons. The van der Waals surface area contributed by atoms with E-state index < -0.39 is 11.1 Å². The Morgan fingerprint density at radius 3 is 2.86 bits per heavy atom. The molecule has 2 heterocycles. The number of hydrogen-bond donors (Lipinski definition) is 2. The minimum absolute atomic E-state index is 0.395. The average molecular weight is 328 g/mol. The van der Waals surface area contributed by atoms with Crippen LogP contribution in [0.25, 0.3) is 0 Å². The molecule has 0 aliphatic rings. The van der Waals surface area contributed by atoms with Gasteiger partial charge in [-0.05, 0) is 19.1 Å². The number of aromatic nitrogens is 4. The Morgan fingerprint density at radius 1 is 1.38 bits per heavy atom. The first-order chi connectivity index (χ1) is 10.0. The number of aryl methyl sites for hydroxylation is 1. The van der Waals surface area contributed by atoms with Gasteiger partial charge in [0, 0.05) is 19.3 Å². The second-order valence-electron chi connectivity index (χ2n) is 4.14. The summed E-state index contributed by atoms with van der Waals surface area (Å²) >= 11 is 7.38. The van der Waals surface area contributed by atoms with Crippen LogP contribution in [0.2, 0.25) is 5.02 Å². The van der Waals surface area contributed by atoms with E-state index in [1.54, 1.807) is 19.2 Å². The fourth-order valence-corrected chi connectivity index (χ4v) is 2.71. The number of rotatable bonds is 5. The first-order valence-electron chi connectivity index (χ1n) is 6.20. The first kappa shape index (κ1) is 15.6. The molecule has 21 heavy (non-hydrogen) atoms. The maximum absolute atomic E-state index is 11.3. The van der Waals surface area contributed by atoms with Gasteiger partial charge in [0.15, 0.2) is 5.16 Å². The third-order valence-corrected chi connectivity index (χ3v) is 3.95. The Hall–Kier alpha value is -1.80. The minimum Gasteiger partial charge on any atom is -0.370 e. The second kappa shape index (κ2) is 6.77. The van der Waals surface area contributed by atoms with Crippen LogP contribution in [0.4, 0.5) is 5.82 Å². The van der Waals surface area contributed by atoms with Crippen LogP contribution < -0.4 is 16.4 Å². The molecular formula is C12H14ClN5O2S. The Kier molecular flexibility index (Phi) is 5.03. The molecule has 0 aliphatic heterocycles. The van der Waals surface area contributed by atoms with Crippen molar-refractivity contribution >= 4 is 29.2 Å². The van der Waals surface area contributed by atoms with Crippen molar-refractivity contribution in [1.29, 1.82) is 0 Å². The Morgan fingerprint density at radius 2 is 2.14 bits per heavy atom. The maximum atomic E-state index is 11.3. The standard InChI is InChI=1S/C12H14ClN5O2S/c1-3-14-9-5-4-7(13)8(15-9)6-21-12-16-10(19)11(20)17-18(12)2/h4-5H,3,6H2,1-2H3,(H,14,15)(H,17,20). The number of H-pyrrole nitrogens is 1. The molecule has 2 aromatic rings. The maximum Gasteiger partial charge on any atom is 0.339 e. The van der Waals surface area contributed by atoms with E-state index in [-0.39, 0.29) is 0 Å². The summed E-state index contributed by atoms with van der Waals surface area (Å²) in [7, 11) is 1.61. The van der Waals surface area contributed by atoms with Crippen molar-refractivity contribution in [3.8, 4) is 0 Å². The molecule has 0 spiro atoms. The van der Waals surface area contributed by atoms with Crippen molar-refractivity contribution in [2.75, 3.05) is 11.9 Å². The number of aromatic amines is 1. The lowest BCUT2D eigenvalue weighted by molar-refractivity contribution is 0.596. The van der Waals surface area contributed by atoms with E-state index in [0.717, 1.165) is 12.4 Å². The highest BCUT2D eigenvalue weighted by Gasteiger charge is 2.09. The van der Waals surface area contributed by atoms with Crippen LogP contribution in [-0.2, 0) is 12.8 Å². The van der Waals surface area contributed by atoms with Crippen molar-refractivity contribution in [2.24, 2.45) is 7.05 Å². The molecule has 9 heteroatoms. The highest BCUT2D eigenvalue weighted by molar-refractivity contribution is 7.98. The Bertz CT molecular complexity index is 758. The summed E-state index contributed by atoms with van der Waals surface area (Å²) in [6, 6.07) is 3.57. The van der Waals surface area contributed by atoms with Crippen molar-refractivity contribution in [1.82, 2.24) is 19.7 Å². The molecule has 0 bridgehead atoms. The zero-order valence-corrected chi connectivity index (χ0v) is 13.1. The normalized spacial score (nSPS) is 10.6. The third-order valence-electron chi connectivity index (χ3n) is 2.56. The van der Waals surface area contributed by atoms with Gasteiger partial charge in [-0.2, -0.15) is 4.98 Å². The van der Waals surface area contributed by atoms with E-state index in [0.29, 0.717) is 21.6 Å². The SMILES string of the molecule is CCNc1ccc(Cl)c(CSc2nc(=O)c(=O)[nH]n2C)n1. The third kappa shape index (κ3) is 3.85. The van der Waals surface area contributed by atoms with Crippen LogP contribution >= 0.6 is 23.4 Å². The number of nitrogens with one attached hydrogen (secondary N) is 2. The quantitative estimate of drug-likeness (QED) is 0.634. The lowest BCUT2D eigenvalue weighted by Crippen LogP contribution is -2.33. The summed E-state index contributed by atoms with van der Waals surface area (Å²) in [6.07, 6.45) is 0. The molecule has 0 saturated carbocycles. The predicted molar refractivity (Wildman–Crippen MR) is 83.1 cm³/mol. The van der Waals surface area contributed by atoms with Crippen LogP contribution in [0.3, 0.4) is 0 Å². The lowest BCUT2D eigenvalue weighted by Gasteiger charge is -2.08. The van der Waals surface area contributed by atoms with Gasteiger partial charge in [0.25, 0.3) is 0 Å². The summed E-state index contributed by atoms with van der Waals surface area (Å²) in [4.78, 5) is 30.5. The zero-order chi connectivity index (χ0) is 15.4. The van der Waals surface area contributed by atoms with Gasteiger partial charge in [0.2, 0.25) is 0 Å². The van der Waals surface area contributed by atoms with Crippen LogP contribution in [0, 0.1) is 0 Å². The molecule has 2 aromatic heterocycles. The number of nitrogens with zero attached hydrogens (tertiary/aromatic N) is 3. The van der Waals surface area contributed by atoms with E-state index in [1.807, 2.05) is 6.92 Å². The monoisotopic (exact) mass is 327 g/mol. The topological polar surface area (TPSA) is 92.7 Å². The molecule has 2 rings (SSSR count). The fraction of sp³-hybridized carbons (Fsp3) is 0.333. The number of anilines is 1. The molecule has 0 saturated heterocycles. The van der Waals surface area contributed by atoms with Crippen LogP contribution in [0.15, 0.2) is 26.9 Å². The zero-order valence-electron chi connectivity index (χ0n) is 11.5. The van der Waals surface area contributed by atoms with Crippen molar-refractivity contribution < 1.29 is 0 Å². The van der Waals surface area contributed by atoms with Crippen LogP contribution in [0.5, 0.6) is 0 Å². The smallest absolute Gasteiger partial charge is 0.339 e. The average Bonchev–Trinajstić information content (AvgIpc) is 2.44. The summed E-state index contributed by atoms with van der Waals surface area (Å²) in [5.74, 6) is 1.17. The van der Waals surface area contributed by atoms with Gasteiger partial charge in [-0.15, -0.1) is 0 Å². The van der Waals surface area contributed by atoms with Gasteiger partial charge in [-0.25, -0.2) is 4.98 Å². The van der Waals surface area contributed by atoms with E-state index in [2.05, 4.69) is 20.4 Å². The second-order valence-corrected chi connectivity index (χ2v) is 5.49. The molecule has 0 fully saturated rings. The number of hydrogen-bond acceptors (Lipinski definition) is 6. The van der Waals surface area contributed by atoms with Gasteiger partial charge in [0.05, 0.1) is 10.7 Å². The number of pyridine rings is 1. The van der Waals surface area contributed by atoms with Crippen molar-refractivity contribution in [2.45, 2.75) is 17.8 Å². The largest absolute Gasteiger partial charge is 0.370 e. The summed E-state index contributed by atoms with van der Waals surface area (Å²) in [6.45, 7) is 2.74. The van der Waals surface area contributed by atoms with Gasteiger partial charge in [-0.1, -0.05) is 23.4 Å². The molecule has 0 atom stereocenters. The van der Waals surface area contributed by atoms with E-state index >= 15 is 0 Å². The van der Waals surface area contributed by atoms with Gasteiger partial charge in [0.1, 0.15) is 5.82 Å². The highest BCUT2D eigenvalue weighted by atomic mass is 35.5. The minimum atomic E-state index is -0.809. The molecule has 0 amide bonds. The molecule has 2 N–H and O–H groups in total. The van der Waals surface area contributed by atoms with Gasteiger partial charge >= 0.3 is 11.1 Å². The van der Waals surface area contributed by atoms with E-state index in [9.17, 15) is 9.59 Å². The predicted octanol–water partition coefficient (Wildman–Crippen LogP) is 1.24. The van der Waals surface area contributed by atoms with Crippen molar-refractivity contribution in [3.63, 3.8) is 0 Å². The molecule has 0 aliphatic carbocycles. The number of halogens is 1. The highest BCUT2D eigenvalue weighted by Crippen LogP contribution is 2.24. The molecule has 0 radical (unpaired) electrons. The Labute approximate surface area is 129 Å². The van der Waals surface area contributed by atoms with Gasteiger partial charge in [-0.3, -0.25) is 19.4 Å². The van der Waals surface area contributed by atoms with Crippen LogP contribution in [-0.4, -0.2) is 26.3 Å². The van der Waals surface area contributed by atoms with E-state index in [1.165, 1.54) is 16.4 Å². The molecule has 0 aromatic carbocycles. The Balaban J connectivity index is 2.20. The summed E-state index contributed by atoms with van der Waals surface area (Å²) in [5.41, 5.74) is -0.872. The molecule has 0 unspecified atom stereocenters. The van der Waals surface area contributed by atoms with Gasteiger partial charge < -0.3 is 5.32 Å². The fourth-order valence-electron chi connectivity index (χ4n) is 1.59.